The third kappa shape index (κ3) is 3.60. The molecule has 0 bridgehead atoms. The van der Waals surface area contributed by atoms with Gasteiger partial charge in [-0.3, -0.25) is 9.79 Å². The van der Waals surface area contributed by atoms with Crippen molar-refractivity contribution in [1.29, 1.82) is 0 Å². The number of H-pyrrole nitrogens is 1. The van der Waals surface area contributed by atoms with Crippen LogP contribution in [0.5, 0.6) is 0 Å². The van der Waals surface area contributed by atoms with Crippen LogP contribution in [-0.2, 0) is 15.1 Å². The second kappa shape index (κ2) is 7.41. The second-order valence-electron chi connectivity index (χ2n) is 6.34. The first kappa shape index (κ1) is 17.7. The SMILES string of the molecule is CC1(c2cccc(-c3ccc4[nH]ccc4c3)c2)COCC(N)=N1.O=CO. The minimum atomic E-state index is -0.420. The van der Waals surface area contributed by atoms with Crippen LogP contribution in [0.4, 0.5) is 0 Å². The van der Waals surface area contributed by atoms with Gasteiger partial charge in [0.25, 0.3) is 6.47 Å². The Hall–Kier alpha value is -3.12. The van der Waals surface area contributed by atoms with Crippen LogP contribution in [0, 0.1) is 0 Å². The van der Waals surface area contributed by atoms with Crippen molar-refractivity contribution >= 4 is 23.2 Å². The molecule has 2 heterocycles. The lowest BCUT2D eigenvalue weighted by Gasteiger charge is -2.30. The molecule has 0 fully saturated rings. The van der Waals surface area contributed by atoms with E-state index in [1.807, 2.05) is 6.20 Å². The zero-order valence-corrected chi connectivity index (χ0v) is 14.5. The highest BCUT2D eigenvalue weighted by Crippen LogP contribution is 2.32. The van der Waals surface area contributed by atoms with Gasteiger partial charge in [0, 0.05) is 11.7 Å². The molecule has 6 heteroatoms. The minimum Gasteiger partial charge on any atom is -0.483 e. The quantitative estimate of drug-likeness (QED) is 0.617. The number of hydrogen-bond acceptors (Lipinski definition) is 4. The van der Waals surface area contributed by atoms with Gasteiger partial charge in [-0.05, 0) is 53.3 Å². The first-order valence-corrected chi connectivity index (χ1v) is 8.23. The molecule has 0 radical (unpaired) electrons. The molecule has 1 unspecified atom stereocenters. The van der Waals surface area contributed by atoms with E-state index in [-0.39, 0.29) is 6.47 Å². The number of nitrogens with zero attached hydrogens (tertiary/aromatic N) is 1. The number of aromatic nitrogens is 1. The van der Waals surface area contributed by atoms with Crippen LogP contribution in [0.25, 0.3) is 22.0 Å². The molecule has 1 aromatic heterocycles. The Morgan fingerprint density at radius 2 is 2.00 bits per heavy atom. The molecule has 0 amide bonds. The molecule has 4 rings (SSSR count). The largest absolute Gasteiger partial charge is 0.483 e. The number of amidine groups is 1. The molecule has 0 aliphatic carbocycles. The van der Waals surface area contributed by atoms with E-state index in [1.165, 1.54) is 16.5 Å². The van der Waals surface area contributed by atoms with E-state index in [0.717, 1.165) is 11.1 Å². The summed E-state index contributed by atoms with van der Waals surface area (Å²) in [4.78, 5) is 16.2. The first-order chi connectivity index (χ1) is 12.6. The topological polar surface area (TPSA) is 101 Å². The molecule has 1 aliphatic rings. The van der Waals surface area contributed by atoms with Crippen LogP contribution in [0.15, 0.2) is 59.7 Å². The first-order valence-electron chi connectivity index (χ1n) is 8.23. The summed E-state index contributed by atoms with van der Waals surface area (Å²) in [7, 11) is 0. The highest BCUT2D eigenvalue weighted by Gasteiger charge is 2.30. The number of fused-ring (bicyclic) bond motifs is 1. The maximum absolute atomic E-state index is 8.36. The summed E-state index contributed by atoms with van der Waals surface area (Å²) in [5, 5.41) is 8.10. The molecule has 1 atom stereocenters. The van der Waals surface area contributed by atoms with Gasteiger partial charge < -0.3 is 20.6 Å². The van der Waals surface area contributed by atoms with Gasteiger partial charge in [0.2, 0.25) is 0 Å². The fourth-order valence-corrected chi connectivity index (χ4v) is 3.15. The summed E-state index contributed by atoms with van der Waals surface area (Å²) in [6.45, 7) is 2.78. The maximum atomic E-state index is 8.36. The van der Waals surface area contributed by atoms with Crippen LogP contribution < -0.4 is 5.73 Å². The number of hydrogen-bond donors (Lipinski definition) is 3. The lowest BCUT2D eigenvalue weighted by Crippen LogP contribution is -2.37. The van der Waals surface area contributed by atoms with E-state index >= 15 is 0 Å². The Bertz CT molecular complexity index is 948. The summed E-state index contributed by atoms with van der Waals surface area (Å²) in [5.41, 5.74) is 10.1. The van der Waals surface area contributed by atoms with Gasteiger partial charge in [0.15, 0.2) is 0 Å². The van der Waals surface area contributed by atoms with Gasteiger partial charge in [0.1, 0.15) is 18.0 Å². The Labute approximate surface area is 151 Å². The molecule has 0 saturated heterocycles. The molecule has 134 valence electrons. The Balaban J connectivity index is 0.000000613. The fraction of sp³-hybridized carbons (Fsp3) is 0.200. The van der Waals surface area contributed by atoms with E-state index in [2.05, 4.69) is 65.4 Å². The molecule has 6 nitrogen and oxygen atoms in total. The average molecular weight is 351 g/mol. The number of carboxylic acid groups (broad SMARTS) is 1. The van der Waals surface area contributed by atoms with Crippen LogP contribution >= 0.6 is 0 Å². The monoisotopic (exact) mass is 351 g/mol. The van der Waals surface area contributed by atoms with Crippen molar-refractivity contribution in [1.82, 2.24) is 4.98 Å². The number of rotatable bonds is 2. The highest BCUT2D eigenvalue weighted by molar-refractivity contribution is 5.85. The Morgan fingerprint density at radius 1 is 1.23 bits per heavy atom. The molecule has 3 aromatic rings. The Morgan fingerprint density at radius 3 is 2.77 bits per heavy atom. The summed E-state index contributed by atoms with van der Waals surface area (Å²) in [6, 6.07) is 17.0. The van der Waals surface area contributed by atoms with E-state index in [9.17, 15) is 0 Å². The lowest BCUT2D eigenvalue weighted by molar-refractivity contribution is -0.122. The number of ether oxygens (including phenoxy) is 1. The number of benzene rings is 2. The summed E-state index contributed by atoms with van der Waals surface area (Å²) in [6.07, 6.45) is 1.96. The van der Waals surface area contributed by atoms with Crippen LogP contribution in [0.2, 0.25) is 0 Å². The molecular weight excluding hydrogens is 330 g/mol. The molecule has 4 N–H and O–H groups in total. The van der Waals surface area contributed by atoms with Crippen molar-refractivity contribution in [3.05, 3.63) is 60.3 Å². The fourth-order valence-electron chi connectivity index (χ4n) is 3.15. The van der Waals surface area contributed by atoms with Crippen LogP contribution in [0.1, 0.15) is 12.5 Å². The number of carbonyl (C=O) groups is 1. The van der Waals surface area contributed by atoms with Crippen molar-refractivity contribution in [2.45, 2.75) is 12.5 Å². The van der Waals surface area contributed by atoms with Gasteiger partial charge in [-0.2, -0.15) is 0 Å². The number of aliphatic imine (C=N–C) groups is 1. The van der Waals surface area contributed by atoms with Gasteiger partial charge in [-0.25, -0.2) is 0 Å². The standard InChI is InChI=1S/C19H19N3O.CH2O2/c1-19(12-23-11-18(20)22-19)16-4-2-3-13(10-16)14-5-6-17-15(9-14)7-8-21-17;2-1-3/h2-10,21H,11-12H2,1H3,(H2,20,22);1H,(H,2,3). The molecule has 0 saturated carbocycles. The molecule has 2 aromatic carbocycles. The predicted molar refractivity (Wildman–Crippen MR) is 102 cm³/mol. The number of aromatic amines is 1. The maximum Gasteiger partial charge on any atom is 0.290 e. The van der Waals surface area contributed by atoms with E-state index < -0.39 is 5.54 Å². The average Bonchev–Trinajstić information content (AvgIpc) is 3.10. The summed E-state index contributed by atoms with van der Waals surface area (Å²) in [5.74, 6) is 0.554. The van der Waals surface area contributed by atoms with Gasteiger partial charge >= 0.3 is 0 Å². The summed E-state index contributed by atoms with van der Waals surface area (Å²) < 4.78 is 5.58. The van der Waals surface area contributed by atoms with Gasteiger partial charge in [-0.1, -0.05) is 24.3 Å². The molecule has 1 aliphatic heterocycles. The zero-order chi connectivity index (χ0) is 18.6. The minimum absolute atomic E-state index is 0.250. The zero-order valence-electron chi connectivity index (χ0n) is 14.5. The van der Waals surface area contributed by atoms with Gasteiger partial charge in [-0.15, -0.1) is 0 Å². The van der Waals surface area contributed by atoms with E-state index in [0.29, 0.717) is 19.0 Å². The molecular formula is C20H21N3O3. The van der Waals surface area contributed by atoms with Crippen molar-refractivity contribution < 1.29 is 14.6 Å². The normalized spacial score (nSPS) is 19.3. The lowest BCUT2D eigenvalue weighted by atomic mass is 9.90. The van der Waals surface area contributed by atoms with E-state index in [1.54, 1.807) is 0 Å². The van der Waals surface area contributed by atoms with Gasteiger partial charge in [0.05, 0.1) is 6.61 Å². The van der Waals surface area contributed by atoms with Crippen molar-refractivity contribution in [2.75, 3.05) is 13.2 Å². The smallest absolute Gasteiger partial charge is 0.290 e. The number of nitrogens with one attached hydrogen (secondary N) is 1. The van der Waals surface area contributed by atoms with Crippen molar-refractivity contribution in [3.63, 3.8) is 0 Å². The van der Waals surface area contributed by atoms with Crippen LogP contribution in [-0.4, -0.2) is 35.6 Å². The van der Waals surface area contributed by atoms with E-state index in [4.69, 9.17) is 20.4 Å². The van der Waals surface area contributed by atoms with Crippen LogP contribution in [0.3, 0.4) is 0 Å². The Kier molecular flexibility index (Phi) is 5.04. The third-order valence-electron chi connectivity index (χ3n) is 4.39. The molecule has 26 heavy (non-hydrogen) atoms. The van der Waals surface area contributed by atoms with Crippen molar-refractivity contribution in [2.24, 2.45) is 10.7 Å². The third-order valence-corrected chi connectivity index (χ3v) is 4.39. The summed E-state index contributed by atoms with van der Waals surface area (Å²) >= 11 is 0. The predicted octanol–water partition coefficient (Wildman–Crippen LogP) is 3.14. The van der Waals surface area contributed by atoms with Crippen molar-refractivity contribution in [3.8, 4) is 11.1 Å². The second-order valence-corrected chi connectivity index (χ2v) is 6.34. The number of nitrogens with two attached hydrogens (primary N) is 1. The highest BCUT2D eigenvalue weighted by atomic mass is 16.5. The molecule has 0 spiro atoms.